The van der Waals surface area contributed by atoms with Gasteiger partial charge in [-0.25, -0.2) is 14.3 Å². The smallest absolute Gasteiger partial charge is 0.354 e. The zero-order chi connectivity index (χ0) is 14.1. The summed E-state index contributed by atoms with van der Waals surface area (Å²) in [6.07, 6.45) is 1.78. The number of carboxylic acids is 1. The molecule has 0 bridgehead atoms. The van der Waals surface area contributed by atoms with Gasteiger partial charge in [0.1, 0.15) is 0 Å². The molecule has 0 aliphatic carbocycles. The summed E-state index contributed by atoms with van der Waals surface area (Å²) in [6.45, 7) is 2.06. The molecule has 3 heterocycles. The Morgan fingerprint density at radius 1 is 1.45 bits per heavy atom. The fourth-order valence-electron chi connectivity index (χ4n) is 2.10. The third-order valence-electron chi connectivity index (χ3n) is 2.98. The van der Waals surface area contributed by atoms with E-state index in [0.29, 0.717) is 11.3 Å². The molecule has 5 nitrogen and oxygen atoms in total. The van der Waals surface area contributed by atoms with Gasteiger partial charge in [0.05, 0.1) is 16.3 Å². The molecular weight excluding hydrogens is 274 g/mol. The van der Waals surface area contributed by atoms with Crippen molar-refractivity contribution in [1.82, 2.24) is 14.6 Å². The molecule has 3 aromatic heterocycles. The van der Waals surface area contributed by atoms with Crippen LogP contribution in [0.25, 0.3) is 16.2 Å². The lowest BCUT2D eigenvalue weighted by Crippen LogP contribution is -2.08. The van der Waals surface area contributed by atoms with E-state index in [2.05, 4.69) is 17.0 Å². The van der Waals surface area contributed by atoms with Gasteiger partial charge in [0.25, 0.3) is 0 Å². The van der Waals surface area contributed by atoms with Crippen LogP contribution in [0.5, 0.6) is 0 Å². The highest BCUT2D eigenvalue weighted by atomic mass is 32.1. The molecule has 0 aliphatic rings. The Kier molecular flexibility index (Phi) is 3.23. The van der Waals surface area contributed by atoms with E-state index in [4.69, 9.17) is 0 Å². The summed E-state index contributed by atoms with van der Waals surface area (Å²) in [5.41, 5.74) is 2.26. The van der Waals surface area contributed by atoms with Gasteiger partial charge in [0.15, 0.2) is 11.3 Å². The number of rotatable bonds is 4. The van der Waals surface area contributed by atoms with Gasteiger partial charge in [-0.2, -0.15) is 5.10 Å². The fourth-order valence-corrected chi connectivity index (χ4v) is 2.79. The highest BCUT2D eigenvalue weighted by Crippen LogP contribution is 2.24. The number of hydrogen-bond acceptors (Lipinski definition) is 4. The molecule has 6 heteroatoms. The maximum Gasteiger partial charge on any atom is 0.354 e. The molecule has 0 saturated heterocycles. The zero-order valence-corrected chi connectivity index (χ0v) is 11.7. The molecule has 0 saturated carbocycles. The molecule has 0 unspecified atom stereocenters. The summed E-state index contributed by atoms with van der Waals surface area (Å²) in [5, 5.41) is 15.6. The Labute approximate surface area is 119 Å². The second-order valence-corrected chi connectivity index (χ2v) is 5.41. The fraction of sp³-hybridized carbons (Fsp3) is 0.214. The first kappa shape index (κ1) is 12.8. The van der Waals surface area contributed by atoms with E-state index in [1.165, 1.54) is 15.9 Å². The molecule has 0 radical (unpaired) electrons. The predicted molar refractivity (Wildman–Crippen MR) is 77.3 cm³/mol. The van der Waals surface area contributed by atoms with Crippen LogP contribution in [0.2, 0.25) is 0 Å². The SMILES string of the molecule is CCCc1cc2nc(-c3cccs3)cc(C(=O)O)n2n1. The van der Waals surface area contributed by atoms with Crippen molar-refractivity contribution in [2.75, 3.05) is 0 Å². The Morgan fingerprint density at radius 2 is 2.30 bits per heavy atom. The monoisotopic (exact) mass is 287 g/mol. The van der Waals surface area contributed by atoms with Crippen LogP contribution in [-0.2, 0) is 6.42 Å². The molecule has 102 valence electrons. The molecule has 3 aromatic rings. The number of carboxylic acid groups (broad SMARTS) is 1. The largest absolute Gasteiger partial charge is 0.477 e. The molecule has 0 fully saturated rings. The first-order chi connectivity index (χ1) is 9.69. The molecule has 20 heavy (non-hydrogen) atoms. The van der Waals surface area contributed by atoms with Crippen molar-refractivity contribution >= 4 is 23.0 Å². The summed E-state index contributed by atoms with van der Waals surface area (Å²) in [5.74, 6) is -0.999. The van der Waals surface area contributed by atoms with Gasteiger partial charge in [0, 0.05) is 6.07 Å². The van der Waals surface area contributed by atoms with Crippen molar-refractivity contribution in [1.29, 1.82) is 0 Å². The van der Waals surface area contributed by atoms with Gasteiger partial charge in [-0.3, -0.25) is 0 Å². The van der Waals surface area contributed by atoms with Crippen LogP contribution < -0.4 is 0 Å². The summed E-state index contributed by atoms with van der Waals surface area (Å²) in [6, 6.07) is 7.28. The number of carbonyl (C=O) groups is 1. The summed E-state index contributed by atoms with van der Waals surface area (Å²) in [7, 11) is 0. The van der Waals surface area contributed by atoms with Crippen molar-refractivity contribution in [3.8, 4) is 10.6 Å². The van der Waals surface area contributed by atoms with E-state index in [9.17, 15) is 9.90 Å². The van der Waals surface area contributed by atoms with Gasteiger partial charge >= 0.3 is 5.97 Å². The van der Waals surface area contributed by atoms with Crippen LogP contribution in [0, 0.1) is 0 Å². The van der Waals surface area contributed by atoms with Gasteiger partial charge in [0.2, 0.25) is 0 Å². The quantitative estimate of drug-likeness (QED) is 0.800. The Morgan fingerprint density at radius 3 is 2.95 bits per heavy atom. The van der Waals surface area contributed by atoms with Crippen molar-refractivity contribution in [3.05, 3.63) is 41.0 Å². The van der Waals surface area contributed by atoms with Crippen LogP contribution >= 0.6 is 11.3 Å². The molecule has 0 atom stereocenters. The summed E-state index contributed by atoms with van der Waals surface area (Å²) < 4.78 is 1.41. The lowest BCUT2D eigenvalue weighted by atomic mass is 10.2. The van der Waals surface area contributed by atoms with E-state index in [-0.39, 0.29) is 5.69 Å². The lowest BCUT2D eigenvalue weighted by Gasteiger charge is -2.02. The van der Waals surface area contributed by atoms with Crippen molar-refractivity contribution < 1.29 is 9.90 Å². The van der Waals surface area contributed by atoms with Crippen molar-refractivity contribution in [3.63, 3.8) is 0 Å². The van der Waals surface area contributed by atoms with E-state index >= 15 is 0 Å². The molecule has 3 rings (SSSR count). The van der Waals surface area contributed by atoms with Crippen LogP contribution in [0.1, 0.15) is 29.5 Å². The third kappa shape index (κ3) is 2.18. The average Bonchev–Trinajstić information content (AvgIpc) is 3.06. The van der Waals surface area contributed by atoms with Crippen molar-refractivity contribution in [2.45, 2.75) is 19.8 Å². The molecular formula is C14H13N3O2S. The Bertz CT molecular complexity index is 762. The molecule has 0 spiro atoms. The normalized spacial score (nSPS) is 11.1. The molecule has 0 aliphatic heterocycles. The van der Waals surface area contributed by atoms with Crippen LogP contribution in [-0.4, -0.2) is 25.7 Å². The minimum atomic E-state index is -0.999. The topological polar surface area (TPSA) is 67.5 Å². The number of aromatic nitrogens is 3. The van der Waals surface area contributed by atoms with E-state index < -0.39 is 5.97 Å². The van der Waals surface area contributed by atoms with Gasteiger partial charge in [-0.05, 0) is 23.9 Å². The van der Waals surface area contributed by atoms with Crippen LogP contribution in [0.3, 0.4) is 0 Å². The van der Waals surface area contributed by atoms with Crippen molar-refractivity contribution in [2.24, 2.45) is 0 Å². The highest BCUT2D eigenvalue weighted by Gasteiger charge is 2.15. The van der Waals surface area contributed by atoms with Crippen LogP contribution in [0.15, 0.2) is 29.6 Å². The highest BCUT2D eigenvalue weighted by molar-refractivity contribution is 7.13. The third-order valence-corrected chi connectivity index (χ3v) is 3.87. The number of aromatic carboxylic acids is 1. The second-order valence-electron chi connectivity index (χ2n) is 4.46. The van der Waals surface area contributed by atoms with Gasteiger partial charge in [-0.1, -0.05) is 19.4 Å². The number of nitrogens with zero attached hydrogens (tertiary/aromatic N) is 3. The average molecular weight is 287 g/mol. The summed E-state index contributed by atoms with van der Waals surface area (Å²) >= 11 is 1.54. The zero-order valence-electron chi connectivity index (χ0n) is 10.9. The Balaban J connectivity index is 2.22. The number of hydrogen-bond donors (Lipinski definition) is 1. The minimum absolute atomic E-state index is 0.140. The second kappa shape index (κ2) is 5.05. The van der Waals surface area contributed by atoms with E-state index in [1.54, 1.807) is 6.07 Å². The molecule has 0 aromatic carbocycles. The maximum atomic E-state index is 11.4. The van der Waals surface area contributed by atoms with E-state index in [0.717, 1.165) is 23.4 Å². The first-order valence-corrected chi connectivity index (χ1v) is 7.24. The standard InChI is InChI=1S/C14H13N3O2S/c1-2-4-9-7-13-15-10(12-5-3-6-20-12)8-11(14(18)19)17(13)16-9/h3,5-8H,2,4H2,1H3,(H,18,19). The Hall–Kier alpha value is -2.21. The van der Waals surface area contributed by atoms with Gasteiger partial charge < -0.3 is 5.11 Å². The number of fused-ring (bicyclic) bond motifs is 1. The number of aryl methyl sites for hydroxylation is 1. The number of thiophene rings is 1. The lowest BCUT2D eigenvalue weighted by molar-refractivity contribution is 0.0687. The van der Waals surface area contributed by atoms with Gasteiger partial charge in [-0.15, -0.1) is 11.3 Å². The first-order valence-electron chi connectivity index (χ1n) is 6.36. The maximum absolute atomic E-state index is 11.4. The molecule has 1 N–H and O–H groups in total. The minimum Gasteiger partial charge on any atom is -0.477 e. The van der Waals surface area contributed by atoms with E-state index in [1.807, 2.05) is 23.6 Å². The predicted octanol–water partition coefficient (Wildman–Crippen LogP) is 3.11. The van der Waals surface area contributed by atoms with Crippen LogP contribution in [0.4, 0.5) is 0 Å². The molecule has 0 amide bonds. The summed E-state index contributed by atoms with van der Waals surface area (Å²) in [4.78, 5) is 16.9.